The average Bonchev–Trinajstić information content (AvgIpc) is 3.34. The van der Waals surface area contributed by atoms with Crippen LogP contribution in [0.2, 0.25) is 0 Å². The van der Waals surface area contributed by atoms with Crippen LogP contribution in [-0.2, 0) is 4.79 Å². The lowest BCUT2D eigenvalue weighted by molar-refractivity contribution is -0.134. The van der Waals surface area contributed by atoms with Gasteiger partial charge in [-0.15, -0.1) is 12.4 Å². The number of anilines is 1. The fraction of sp³-hybridized carbons (Fsp3) is 0.636. The molecule has 1 atom stereocenters. The summed E-state index contributed by atoms with van der Waals surface area (Å²) in [4.78, 5) is 28.8. The molecule has 2 saturated heterocycles. The van der Waals surface area contributed by atoms with Gasteiger partial charge >= 0.3 is 0 Å². The highest BCUT2D eigenvalue weighted by Crippen LogP contribution is 2.30. The molecule has 3 fully saturated rings. The summed E-state index contributed by atoms with van der Waals surface area (Å²) in [7, 11) is 0. The van der Waals surface area contributed by atoms with Crippen molar-refractivity contribution in [3.05, 3.63) is 24.2 Å². The number of aryl methyl sites for hydroxylation is 1. The van der Waals surface area contributed by atoms with Gasteiger partial charge in [-0.25, -0.2) is 0 Å². The van der Waals surface area contributed by atoms with Crippen molar-refractivity contribution in [3.8, 4) is 11.5 Å². The van der Waals surface area contributed by atoms with E-state index in [1.807, 2.05) is 18.3 Å². The summed E-state index contributed by atoms with van der Waals surface area (Å²) in [5.41, 5.74) is 1.74. The number of aromatic nitrogens is 3. The Labute approximate surface area is 189 Å². The number of halogens is 1. The molecule has 1 aliphatic carbocycles. The zero-order chi connectivity index (χ0) is 20.5. The summed E-state index contributed by atoms with van der Waals surface area (Å²) >= 11 is 0. The van der Waals surface area contributed by atoms with E-state index in [2.05, 4.69) is 29.8 Å². The third kappa shape index (κ3) is 5.18. The minimum absolute atomic E-state index is 0. The molecule has 0 N–H and O–H groups in total. The van der Waals surface area contributed by atoms with Crippen molar-refractivity contribution in [2.24, 2.45) is 11.8 Å². The molecule has 3 aliphatic rings. The summed E-state index contributed by atoms with van der Waals surface area (Å²) in [5, 5.41) is 3.92. The lowest BCUT2D eigenvalue weighted by Gasteiger charge is -2.25. The topological polar surface area (TPSA) is 78.6 Å². The molecule has 0 unspecified atom stereocenters. The summed E-state index contributed by atoms with van der Waals surface area (Å²) in [6.07, 6.45) is 6.63. The Hall–Kier alpha value is -2.19. The molecule has 0 spiro atoms. The van der Waals surface area contributed by atoms with Gasteiger partial charge in [-0.05, 0) is 50.3 Å². The van der Waals surface area contributed by atoms with Crippen LogP contribution in [0, 0.1) is 18.8 Å². The number of hydrogen-bond acceptors (Lipinski definition) is 7. The Kier molecular flexibility index (Phi) is 6.77. The third-order valence-corrected chi connectivity index (χ3v) is 6.52. The summed E-state index contributed by atoms with van der Waals surface area (Å²) < 4.78 is 5.03. The minimum atomic E-state index is 0. The Morgan fingerprint density at radius 3 is 2.71 bits per heavy atom. The van der Waals surface area contributed by atoms with Gasteiger partial charge < -0.3 is 19.2 Å². The van der Waals surface area contributed by atoms with Gasteiger partial charge in [-0.3, -0.25) is 9.78 Å². The molecule has 0 aromatic carbocycles. The SMILES string of the molecule is Cc1nc(-c2ccc(N3CC[C@H](C(=O)N4CCCN(CC5CC5)CC4)C3)cn2)no1.Cl. The number of amides is 1. The number of rotatable bonds is 5. The van der Waals surface area contributed by atoms with E-state index in [4.69, 9.17) is 4.52 Å². The number of carbonyl (C=O) groups is 1. The predicted octanol–water partition coefficient (Wildman–Crippen LogP) is 2.63. The number of carbonyl (C=O) groups excluding carboxylic acids is 1. The van der Waals surface area contributed by atoms with Crippen molar-refractivity contribution in [1.82, 2.24) is 24.9 Å². The van der Waals surface area contributed by atoms with Crippen LogP contribution < -0.4 is 4.90 Å². The van der Waals surface area contributed by atoms with Crippen LogP contribution in [0.1, 0.15) is 31.6 Å². The van der Waals surface area contributed by atoms with Crippen molar-refractivity contribution in [2.75, 3.05) is 50.7 Å². The molecular formula is C22H31ClN6O2. The third-order valence-electron chi connectivity index (χ3n) is 6.52. The molecule has 8 nitrogen and oxygen atoms in total. The van der Waals surface area contributed by atoms with Gasteiger partial charge in [0, 0.05) is 46.2 Å². The minimum Gasteiger partial charge on any atom is -0.369 e. The molecular weight excluding hydrogens is 416 g/mol. The van der Waals surface area contributed by atoms with Crippen LogP contribution in [0.4, 0.5) is 5.69 Å². The van der Waals surface area contributed by atoms with Gasteiger partial charge in [-0.1, -0.05) is 5.16 Å². The van der Waals surface area contributed by atoms with Crippen LogP contribution in [0.25, 0.3) is 11.5 Å². The van der Waals surface area contributed by atoms with Crippen molar-refractivity contribution in [2.45, 2.75) is 32.6 Å². The molecule has 0 radical (unpaired) electrons. The zero-order valence-corrected chi connectivity index (χ0v) is 18.9. The van der Waals surface area contributed by atoms with E-state index < -0.39 is 0 Å². The molecule has 2 aliphatic heterocycles. The molecule has 9 heteroatoms. The van der Waals surface area contributed by atoms with E-state index in [0.29, 0.717) is 23.3 Å². The molecule has 1 amide bonds. The second kappa shape index (κ2) is 9.53. The molecule has 168 valence electrons. The smallest absolute Gasteiger partial charge is 0.227 e. The largest absolute Gasteiger partial charge is 0.369 e. The highest BCUT2D eigenvalue weighted by Gasteiger charge is 2.33. The highest BCUT2D eigenvalue weighted by atomic mass is 35.5. The first-order valence-corrected chi connectivity index (χ1v) is 11.2. The molecule has 31 heavy (non-hydrogen) atoms. The standard InChI is InChI=1S/C22H30N6O2.ClH/c1-16-24-21(25-30-16)20-6-5-19(13-23-20)28-10-7-18(15-28)22(29)27-9-2-8-26(11-12-27)14-17-3-4-17;/h5-6,13,17-18H,2-4,7-12,14-15H2,1H3;1H/t18-;/m0./s1. The number of hydrogen-bond donors (Lipinski definition) is 0. The van der Waals surface area contributed by atoms with E-state index >= 15 is 0 Å². The summed E-state index contributed by atoms with van der Waals surface area (Å²) in [5.74, 6) is 2.36. The maximum atomic E-state index is 13.2. The van der Waals surface area contributed by atoms with Crippen molar-refractivity contribution in [1.29, 1.82) is 0 Å². The fourth-order valence-electron chi connectivity index (χ4n) is 4.60. The van der Waals surface area contributed by atoms with E-state index in [1.165, 1.54) is 19.4 Å². The van der Waals surface area contributed by atoms with Gasteiger partial charge in [0.1, 0.15) is 5.69 Å². The second-order valence-corrected chi connectivity index (χ2v) is 8.89. The summed E-state index contributed by atoms with van der Waals surface area (Å²) in [6, 6.07) is 3.95. The van der Waals surface area contributed by atoms with Crippen LogP contribution in [0.5, 0.6) is 0 Å². The highest BCUT2D eigenvalue weighted by molar-refractivity contribution is 5.85. The van der Waals surface area contributed by atoms with Crippen LogP contribution in [0.3, 0.4) is 0 Å². The van der Waals surface area contributed by atoms with Gasteiger partial charge in [0.2, 0.25) is 17.6 Å². The Morgan fingerprint density at radius 2 is 2.00 bits per heavy atom. The molecule has 5 rings (SSSR count). The maximum absolute atomic E-state index is 13.2. The first-order chi connectivity index (χ1) is 14.7. The molecule has 4 heterocycles. The normalized spacial score (nSPS) is 22.3. The first-order valence-electron chi connectivity index (χ1n) is 11.2. The van der Waals surface area contributed by atoms with E-state index in [1.54, 1.807) is 6.92 Å². The van der Waals surface area contributed by atoms with Gasteiger partial charge in [-0.2, -0.15) is 4.98 Å². The van der Waals surface area contributed by atoms with Crippen LogP contribution in [0.15, 0.2) is 22.9 Å². The van der Waals surface area contributed by atoms with E-state index in [9.17, 15) is 4.79 Å². The number of pyridine rings is 1. The fourth-order valence-corrected chi connectivity index (χ4v) is 4.60. The van der Waals surface area contributed by atoms with E-state index in [-0.39, 0.29) is 18.3 Å². The van der Waals surface area contributed by atoms with Crippen LogP contribution >= 0.6 is 12.4 Å². The lowest BCUT2D eigenvalue weighted by atomic mass is 10.1. The van der Waals surface area contributed by atoms with E-state index in [0.717, 1.165) is 63.7 Å². The Balaban J connectivity index is 0.00000231. The van der Waals surface area contributed by atoms with Crippen molar-refractivity contribution >= 4 is 24.0 Å². The average molecular weight is 447 g/mol. The molecule has 1 saturated carbocycles. The zero-order valence-electron chi connectivity index (χ0n) is 18.1. The lowest BCUT2D eigenvalue weighted by Crippen LogP contribution is -2.40. The number of nitrogens with zero attached hydrogens (tertiary/aromatic N) is 6. The quantitative estimate of drug-likeness (QED) is 0.698. The second-order valence-electron chi connectivity index (χ2n) is 8.89. The van der Waals surface area contributed by atoms with Crippen molar-refractivity contribution < 1.29 is 9.32 Å². The van der Waals surface area contributed by atoms with Gasteiger partial charge in [0.05, 0.1) is 17.8 Å². The first kappa shape index (κ1) is 22.0. The van der Waals surface area contributed by atoms with Crippen molar-refractivity contribution in [3.63, 3.8) is 0 Å². The van der Waals surface area contributed by atoms with Gasteiger partial charge in [0.15, 0.2) is 0 Å². The Morgan fingerprint density at radius 1 is 1.13 bits per heavy atom. The van der Waals surface area contributed by atoms with Crippen LogP contribution in [-0.4, -0.2) is 76.6 Å². The monoisotopic (exact) mass is 446 g/mol. The Bertz CT molecular complexity index is 884. The van der Waals surface area contributed by atoms with Gasteiger partial charge in [0.25, 0.3) is 0 Å². The maximum Gasteiger partial charge on any atom is 0.227 e. The molecule has 0 bridgehead atoms. The predicted molar refractivity (Wildman–Crippen MR) is 120 cm³/mol. The summed E-state index contributed by atoms with van der Waals surface area (Å²) in [6.45, 7) is 8.59. The molecule has 2 aromatic heterocycles. The molecule has 2 aromatic rings.